The van der Waals surface area contributed by atoms with Gasteiger partial charge in [-0.25, -0.2) is 4.79 Å². The number of aromatic nitrogens is 2. The fourth-order valence-electron chi connectivity index (χ4n) is 1.83. The van der Waals surface area contributed by atoms with E-state index in [4.69, 9.17) is 9.84 Å². The fraction of sp³-hybridized carbons (Fsp3) is 0.600. The Hall–Kier alpha value is -1.36. The molecule has 2 heterocycles. The van der Waals surface area contributed by atoms with E-state index in [1.165, 1.54) is 16.9 Å². The average Bonchev–Trinajstić information content (AvgIpc) is 2.86. The normalized spacial score (nSPS) is 20.7. The van der Waals surface area contributed by atoms with Gasteiger partial charge in [-0.15, -0.1) is 0 Å². The number of aromatic carboxylic acids is 1. The maximum Gasteiger partial charge on any atom is 0.354 e. The van der Waals surface area contributed by atoms with Crippen LogP contribution in [-0.2, 0) is 11.3 Å². The zero-order valence-electron chi connectivity index (χ0n) is 8.43. The third-order valence-electron chi connectivity index (χ3n) is 2.62. The Morgan fingerprint density at radius 1 is 1.73 bits per heavy atom. The minimum Gasteiger partial charge on any atom is -0.477 e. The molecule has 2 rings (SSSR count). The summed E-state index contributed by atoms with van der Waals surface area (Å²) in [5.74, 6) is -0.931. The van der Waals surface area contributed by atoms with E-state index in [1.54, 1.807) is 0 Å². The molecule has 1 aliphatic rings. The molecule has 1 unspecified atom stereocenters. The molecule has 1 atom stereocenters. The molecular formula is C10H14N2O3. The first-order chi connectivity index (χ1) is 7.27. The van der Waals surface area contributed by atoms with Gasteiger partial charge in [0.15, 0.2) is 0 Å². The summed E-state index contributed by atoms with van der Waals surface area (Å²) in [7, 11) is 0. The molecule has 0 bridgehead atoms. The molecule has 5 heteroatoms. The third kappa shape index (κ3) is 2.36. The highest BCUT2D eigenvalue weighted by Gasteiger charge is 2.17. The lowest BCUT2D eigenvalue weighted by Gasteiger charge is -2.09. The van der Waals surface area contributed by atoms with Crippen molar-refractivity contribution in [2.45, 2.75) is 31.9 Å². The lowest BCUT2D eigenvalue weighted by Crippen LogP contribution is -2.15. The van der Waals surface area contributed by atoms with E-state index < -0.39 is 5.97 Å². The average molecular weight is 210 g/mol. The number of aryl methyl sites for hydroxylation is 1. The molecule has 5 nitrogen and oxygen atoms in total. The molecule has 1 N–H and O–H groups in total. The first-order valence-electron chi connectivity index (χ1n) is 5.14. The quantitative estimate of drug-likeness (QED) is 0.809. The van der Waals surface area contributed by atoms with Crippen LogP contribution in [0.1, 0.15) is 29.8 Å². The molecule has 1 aromatic rings. The lowest BCUT2D eigenvalue weighted by atomic mass is 10.2. The molecule has 1 aromatic heterocycles. The van der Waals surface area contributed by atoms with E-state index in [0.717, 1.165) is 25.9 Å². The van der Waals surface area contributed by atoms with E-state index in [9.17, 15) is 4.79 Å². The van der Waals surface area contributed by atoms with Gasteiger partial charge in [0, 0.05) is 19.3 Å². The number of rotatable bonds is 4. The van der Waals surface area contributed by atoms with Gasteiger partial charge in [0.1, 0.15) is 5.69 Å². The van der Waals surface area contributed by atoms with Crippen molar-refractivity contribution in [3.63, 3.8) is 0 Å². The van der Waals surface area contributed by atoms with Crippen LogP contribution in [0.5, 0.6) is 0 Å². The highest BCUT2D eigenvalue weighted by molar-refractivity contribution is 5.85. The number of hydrogen-bond acceptors (Lipinski definition) is 3. The van der Waals surface area contributed by atoms with Crippen LogP contribution in [0.25, 0.3) is 0 Å². The summed E-state index contributed by atoms with van der Waals surface area (Å²) in [6, 6.07) is 1.51. The van der Waals surface area contributed by atoms with Crippen LogP contribution in [0.15, 0.2) is 12.3 Å². The maximum absolute atomic E-state index is 10.8. The molecule has 0 aliphatic carbocycles. The number of carboxylic acids is 1. The lowest BCUT2D eigenvalue weighted by molar-refractivity contribution is 0.0677. The summed E-state index contributed by atoms with van der Waals surface area (Å²) in [6.45, 7) is 1.44. The van der Waals surface area contributed by atoms with E-state index in [2.05, 4.69) is 5.10 Å². The summed E-state index contributed by atoms with van der Waals surface area (Å²) in [5.41, 5.74) is 0.244. The Morgan fingerprint density at radius 3 is 3.27 bits per heavy atom. The Balaban J connectivity index is 1.92. The van der Waals surface area contributed by atoms with Crippen molar-refractivity contribution in [1.82, 2.24) is 9.78 Å². The molecule has 0 spiro atoms. The second-order valence-electron chi connectivity index (χ2n) is 3.67. The van der Waals surface area contributed by atoms with Crippen LogP contribution in [0.2, 0.25) is 0 Å². The van der Waals surface area contributed by atoms with E-state index in [1.807, 2.05) is 0 Å². The van der Waals surface area contributed by atoms with Crippen LogP contribution in [-0.4, -0.2) is 33.6 Å². The molecule has 1 aliphatic heterocycles. The summed E-state index contributed by atoms with van der Waals surface area (Å²) < 4.78 is 6.98. The van der Waals surface area contributed by atoms with Gasteiger partial charge in [-0.05, 0) is 25.3 Å². The molecule has 1 fully saturated rings. The highest BCUT2D eigenvalue weighted by Crippen LogP contribution is 2.16. The second kappa shape index (κ2) is 4.44. The van der Waals surface area contributed by atoms with Gasteiger partial charge >= 0.3 is 5.97 Å². The SMILES string of the molecule is O=C(O)c1ccnn1CCC1CCCO1. The van der Waals surface area contributed by atoms with Crippen molar-refractivity contribution >= 4 is 5.97 Å². The standard InChI is InChI=1S/C10H14N2O3/c13-10(14)9-3-5-11-12(9)6-4-8-2-1-7-15-8/h3,5,8H,1-2,4,6-7H2,(H,13,14). The Labute approximate surface area is 87.7 Å². The minimum absolute atomic E-state index is 0.244. The number of nitrogens with zero attached hydrogens (tertiary/aromatic N) is 2. The van der Waals surface area contributed by atoms with Crippen LogP contribution < -0.4 is 0 Å². The van der Waals surface area contributed by atoms with Crippen molar-refractivity contribution in [2.75, 3.05) is 6.61 Å². The molecule has 0 saturated carbocycles. The molecule has 15 heavy (non-hydrogen) atoms. The molecular weight excluding hydrogens is 196 g/mol. The summed E-state index contributed by atoms with van der Waals surface area (Å²) in [4.78, 5) is 10.8. The molecule has 0 aromatic carbocycles. The number of ether oxygens (including phenoxy) is 1. The number of carboxylic acid groups (broad SMARTS) is 1. The van der Waals surface area contributed by atoms with Gasteiger partial charge in [-0.3, -0.25) is 4.68 Å². The van der Waals surface area contributed by atoms with Crippen molar-refractivity contribution in [3.8, 4) is 0 Å². The predicted octanol–water partition coefficient (Wildman–Crippen LogP) is 1.15. The summed E-state index contributed by atoms with van der Waals surface area (Å²) in [5, 5.41) is 12.8. The largest absolute Gasteiger partial charge is 0.477 e. The van der Waals surface area contributed by atoms with Crippen LogP contribution in [0, 0.1) is 0 Å². The topological polar surface area (TPSA) is 64.3 Å². The van der Waals surface area contributed by atoms with E-state index >= 15 is 0 Å². The zero-order valence-corrected chi connectivity index (χ0v) is 8.43. The van der Waals surface area contributed by atoms with Crippen molar-refractivity contribution in [2.24, 2.45) is 0 Å². The van der Waals surface area contributed by atoms with Gasteiger partial charge < -0.3 is 9.84 Å². The van der Waals surface area contributed by atoms with E-state index in [-0.39, 0.29) is 11.8 Å². The van der Waals surface area contributed by atoms with Gasteiger partial charge in [0.2, 0.25) is 0 Å². The van der Waals surface area contributed by atoms with Crippen LogP contribution in [0.3, 0.4) is 0 Å². The predicted molar refractivity (Wildman–Crippen MR) is 52.8 cm³/mol. The summed E-state index contributed by atoms with van der Waals surface area (Å²) in [6.07, 6.45) is 4.80. The maximum atomic E-state index is 10.8. The Morgan fingerprint density at radius 2 is 2.60 bits per heavy atom. The first kappa shape index (κ1) is 10.2. The molecule has 0 amide bonds. The second-order valence-corrected chi connectivity index (χ2v) is 3.67. The Kier molecular flexibility index (Phi) is 3.01. The highest BCUT2D eigenvalue weighted by atomic mass is 16.5. The molecule has 1 saturated heterocycles. The number of hydrogen-bond donors (Lipinski definition) is 1. The van der Waals surface area contributed by atoms with Crippen molar-refractivity contribution in [3.05, 3.63) is 18.0 Å². The van der Waals surface area contributed by atoms with Crippen molar-refractivity contribution < 1.29 is 14.6 Å². The van der Waals surface area contributed by atoms with Gasteiger partial charge in [0.05, 0.1) is 6.10 Å². The molecule has 82 valence electrons. The summed E-state index contributed by atoms with van der Waals surface area (Å²) >= 11 is 0. The first-order valence-corrected chi connectivity index (χ1v) is 5.14. The number of carbonyl (C=O) groups is 1. The smallest absolute Gasteiger partial charge is 0.354 e. The van der Waals surface area contributed by atoms with E-state index in [0.29, 0.717) is 6.54 Å². The van der Waals surface area contributed by atoms with Gasteiger partial charge in [-0.2, -0.15) is 5.10 Å². The zero-order chi connectivity index (χ0) is 10.7. The molecule has 0 radical (unpaired) electrons. The van der Waals surface area contributed by atoms with Gasteiger partial charge in [-0.1, -0.05) is 0 Å². The Bertz CT molecular complexity index is 342. The van der Waals surface area contributed by atoms with Crippen molar-refractivity contribution in [1.29, 1.82) is 0 Å². The van der Waals surface area contributed by atoms with Crippen LogP contribution in [0.4, 0.5) is 0 Å². The monoisotopic (exact) mass is 210 g/mol. The van der Waals surface area contributed by atoms with Crippen LogP contribution >= 0.6 is 0 Å². The fourth-order valence-corrected chi connectivity index (χ4v) is 1.83. The van der Waals surface area contributed by atoms with Gasteiger partial charge in [0.25, 0.3) is 0 Å². The third-order valence-corrected chi connectivity index (χ3v) is 2.62. The minimum atomic E-state index is -0.931.